The average molecular weight is 364 g/mol. The zero-order valence-electron chi connectivity index (χ0n) is 14.1. The molecule has 2 aromatic rings. The Morgan fingerprint density at radius 2 is 2.20 bits per heavy atom. The first-order valence-corrected chi connectivity index (χ1v) is 8.04. The molecule has 1 fully saturated rings. The number of carboxylic acid groups (broad SMARTS) is 1. The summed E-state index contributed by atoms with van der Waals surface area (Å²) in [7, 11) is 1.52. The Balaban J connectivity index is 2.13. The number of carbonyl (C=O) groups is 1. The second-order valence-electron chi connectivity index (χ2n) is 6.08. The summed E-state index contributed by atoms with van der Waals surface area (Å²) in [4.78, 5) is 21.7. The van der Waals surface area contributed by atoms with Crippen LogP contribution in [-0.2, 0) is 4.74 Å². The Kier molecular flexibility index (Phi) is 4.53. The molecule has 3 rings (SSSR count). The number of hydrogen-bond acceptors (Lipinski definition) is 5. The fourth-order valence-corrected chi connectivity index (χ4v) is 3.17. The summed E-state index contributed by atoms with van der Waals surface area (Å²) in [5, 5.41) is 10.2. The van der Waals surface area contributed by atoms with Gasteiger partial charge in [-0.15, -0.1) is 0 Å². The molecular weight excluding hydrogens is 346 g/mol. The maximum atomic E-state index is 11.8. The maximum absolute atomic E-state index is 11.8. The van der Waals surface area contributed by atoms with Crippen LogP contribution in [0.5, 0.6) is 5.88 Å². The zero-order chi connectivity index (χ0) is 18.2. The summed E-state index contributed by atoms with van der Waals surface area (Å²) in [5.74, 6) is 0.820. The van der Waals surface area contributed by atoms with Crippen molar-refractivity contribution < 1.29 is 19.4 Å². The smallest absolute Gasteiger partial charge is 0.410 e. The van der Waals surface area contributed by atoms with Gasteiger partial charge in [0.1, 0.15) is 5.72 Å². The van der Waals surface area contributed by atoms with Crippen molar-refractivity contribution in [1.82, 2.24) is 14.9 Å². The van der Waals surface area contributed by atoms with E-state index in [1.807, 2.05) is 0 Å². The van der Waals surface area contributed by atoms with Gasteiger partial charge in [0.2, 0.25) is 5.88 Å². The van der Waals surface area contributed by atoms with Crippen LogP contribution >= 0.6 is 11.6 Å². The normalized spacial score (nSPS) is 19.0. The van der Waals surface area contributed by atoms with Crippen molar-refractivity contribution in [2.45, 2.75) is 25.6 Å². The summed E-state index contributed by atoms with van der Waals surface area (Å²) in [6.45, 7) is 3.68. The lowest BCUT2D eigenvalue weighted by Gasteiger charge is -2.31. The van der Waals surface area contributed by atoms with Crippen LogP contribution in [0, 0.1) is 0 Å². The summed E-state index contributed by atoms with van der Waals surface area (Å²) in [6.07, 6.45) is 0.524. The van der Waals surface area contributed by atoms with Gasteiger partial charge >= 0.3 is 6.09 Å². The Morgan fingerprint density at radius 1 is 1.44 bits per heavy atom. The molecule has 1 aliphatic heterocycles. The molecule has 7 nitrogen and oxygen atoms in total. The van der Waals surface area contributed by atoms with Gasteiger partial charge in [-0.25, -0.2) is 9.78 Å². The lowest BCUT2D eigenvalue weighted by Crippen LogP contribution is -2.44. The molecule has 0 saturated carbocycles. The molecule has 25 heavy (non-hydrogen) atoms. The molecule has 0 spiro atoms. The van der Waals surface area contributed by atoms with Gasteiger partial charge in [-0.3, -0.25) is 4.90 Å². The predicted molar refractivity (Wildman–Crippen MR) is 91.7 cm³/mol. The Hall–Kier alpha value is -2.38. The molecule has 0 bridgehead atoms. The van der Waals surface area contributed by atoms with E-state index in [1.165, 1.54) is 12.0 Å². The average Bonchev–Trinajstić information content (AvgIpc) is 2.90. The third kappa shape index (κ3) is 3.25. The first kappa shape index (κ1) is 17.4. The number of aromatic nitrogens is 2. The molecule has 1 aromatic carbocycles. The van der Waals surface area contributed by atoms with E-state index in [2.05, 4.69) is 9.97 Å². The van der Waals surface area contributed by atoms with E-state index >= 15 is 0 Å². The molecule has 1 amide bonds. The van der Waals surface area contributed by atoms with Crippen molar-refractivity contribution in [1.29, 1.82) is 0 Å². The van der Waals surface area contributed by atoms with Gasteiger partial charge in [-0.2, -0.15) is 4.98 Å². The lowest BCUT2D eigenvalue weighted by molar-refractivity contribution is -0.0420. The second-order valence-corrected chi connectivity index (χ2v) is 6.52. The highest BCUT2D eigenvalue weighted by Gasteiger charge is 2.45. The quantitative estimate of drug-likeness (QED) is 0.896. The van der Waals surface area contributed by atoms with E-state index in [9.17, 15) is 9.90 Å². The van der Waals surface area contributed by atoms with Crippen LogP contribution in [0.3, 0.4) is 0 Å². The number of rotatable bonds is 3. The fraction of sp³-hybridized carbons (Fsp3) is 0.353. The predicted octanol–water partition coefficient (Wildman–Crippen LogP) is 3.59. The minimum absolute atomic E-state index is 0.234. The molecule has 1 N–H and O–H groups in total. The SMILES string of the molecule is COc1ccnc(-c2cc(Cl)ccc2[C@H]2COC(C)(C)N2C(=O)O)n1. The first-order valence-electron chi connectivity index (χ1n) is 7.66. The largest absolute Gasteiger partial charge is 0.481 e. The molecule has 8 heteroatoms. The molecule has 2 heterocycles. The number of nitrogens with zero attached hydrogens (tertiary/aromatic N) is 3. The zero-order valence-corrected chi connectivity index (χ0v) is 14.8. The van der Waals surface area contributed by atoms with Gasteiger partial charge in [0.25, 0.3) is 0 Å². The van der Waals surface area contributed by atoms with Gasteiger partial charge < -0.3 is 14.6 Å². The molecule has 1 aromatic heterocycles. The number of ether oxygens (including phenoxy) is 2. The van der Waals surface area contributed by atoms with Gasteiger partial charge in [0.15, 0.2) is 5.82 Å². The topological polar surface area (TPSA) is 84.8 Å². The molecule has 1 aliphatic rings. The van der Waals surface area contributed by atoms with E-state index in [-0.39, 0.29) is 6.61 Å². The van der Waals surface area contributed by atoms with Gasteiger partial charge in [0.05, 0.1) is 19.8 Å². The second kappa shape index (κ2) is 6.50. The summed E-state index contributed by atoms with van der Waals surface area (Å²) < 4.78 is 10.8. The number of methoxy groups -OCH3 is 1. The highest BCUT2D eigenvalue weighted by Crippen LogP contribution is 2.40. The highest BCUT2D eigenvalue weighted by atomic mass is 35.5. The van der Waals surface area contributed by atoms with E-state index < -0.39 is 17.9 Å². The molecule has 132 valence electrons. The summed E-state index contributed by atoms with van der Waals surface area (Å²) in [6, 6.07) is 6.36. The standard InChI is InChI=1S/C17H18ClN3O4/c1-17(2)21(16(22)23)13(9-25-17)11-5-4-10(18)8-12(11)15-19-7-6-14(20-15)24-3/h4-8,13H,9H2,1-3H3,(H,22,23)/t13-/m1/s1. The van der Waals surface area contributed by atoms with Crippen LogP contribution < -0.4 is 4.74 Å². The molecule has 0 aliphatic carbocycles. The summed E-state index contributed by atoms with van der Waals surface area (Å²) >= 11 is 6.15. The van der Waals surface area contributed by atoms with Crippen molar-refractivity contribution >= 4 is 17.7 Å². The minimum atomic E-state index is -1.06. The van der Waals surface area contributed by atoms with E-state index in [1.54, 1.807) is 44.3 Å². The molecule has 0 radical (unpaired) electrons. The van der Waals surface area contributed by atoms with Crippen LogP contribution in [0.4, 0.5) is 4.79 Å². The molecular formula is C17H18ClN3O4. The van der Waals surface area contributed by atoms with Gasteiger partial charge in [0, 0.05) is 22.8 Å². The van der Waals surface area contributed by atoms with Crippen molar-refractivity contribution in [3.63, 3.8) is 0 Å². The van der Waals surface area contributed by atoms with E-state index in [4.69, 9.17) is 21.1 Å². The van der Waals surface area contributed by atoms with Crippen LogP contribution in [0.1, 0.15) is 25.5 Å². The first-order chi connectivity index (χ1) is 11.8. The Labute approximate surface area is 150 Å². The maximum Gasteiger partial charge on any atom is 0.410 e. The number of amides is 1. The fourth-order valence-electron chi connectivity index (χ4n) is 2.99. The van der Waals surface area contributed by atoms with Crippen LogP contribution in [0.2, 0.25) is 5.02 Å². The van der Waals surface area contributed by atoms with Crippen LogP contribution in [-0.4, -0.2) is 45.5 Å². The van der Waals surface area contributed by atoms with Gasteiger partial charge in [-0.05, 0) is 31.5 Å². The number of halogens is 1. The monoisotopic (exact) mass is 363 g/mol. The number of hydrogen-bond donors (Lipinski definition) is 1. The van der Waals surface area contributed by atoms with Crippen molar-refractivity contribution in [3.05, 3.63) is 41.0 Å². The molecule has 1 saturated heterocycles. The van der Waals surface area contributed by atoms with Crippen LogP contribution in [0.15, 0.2) is 30.5 Å². The van der Waals surface area contributed by atoms with E-state index in [0.29, 0.717) is 22.3 Å². The Morgan fingerprint density at radius 3 is 2.88 bits per heavy atom. The van der Waals surface area contributed by atoms with E-state index in [0.717, 1.165) is 5.56 Å². The molecule has 1 atom stereocenters. The highest BCUT2D eigenvalue weighted by molar-refractivity contribution is 6.30. The minimum Gasteiger partial charge on any atom is -0.481 e. The third-order valence-corrected chi connectivity index (χ3v) is 4.38. The third-order valence-electron chi connectivity index (χ3n) is 4.15. The summed E-state index contributed by atoms with van der Waals surface area (Å²) in [5.41, 5.74) is 0.442. The molecule has 0 unspecified atom stereocenters. The van der Waals surface area contributed by atoms with Crippen molar-refractivity contribution in [2.75, 3.05) is 13.7 Å². The van der Waals surface area contributed by atoms with Crippen molar-refractivity contribution in [2.24, 2.45) is 0 Å². The lowest BCUT2D eigenvalue weighted by atomic mass is 9.98. The van der Waals surface area contributed by atoms with Crippen LogP contribution in [0.25, 0.3) is 11.4 Å². The van der Waals surface area contributed by atoms with Gasteiger partial charge in [-0.1, -0.05) is 17.7 Å². The van der Waals surface area contributed by atoms with Crippen molar-refractivity contribution in [3.8, 4) is 17.3 Å². The number of benzene rings is 1. The Bertz CT molecular complexity index is 812.